The number of likely N-dealkylation sites (tertiary alicyclic amines) is 1. The van der Waals surface area contributed by atoms with Gasteiger partial charge in [0.2, 0.25) is 0 Å². The molecule has 18 heavy (non-hydrogen) atoms. The lowest BCUT2D eigenvalue weighted by atomic mass is 9.90. The summed E-state index contributed by atoms with van der Waals surface area (Å²) in [6, 6.07) is 4.20. The molecule has 1 fully saturated rings. The third-order valence-electron chi connectivity index (χ3n) is 3.68. The Labute approximate surface area is 122 Å². The Balaban J connectivity index is 1.94. The first-order valence-electron chi connectivity index (χ1n) is 6.80. The van der Waals surface area contributed by atoms with E-state index in [4.69, 9.17) is 0 Å². The predicted molar refractivity (Wildman–Crippen MR) is 81.3 cm³/mol. The first-order valence-corrected chi connectivity index (χ1v) is 8.41. The number of nitrogens with zero attached hydrogens (tertiary/aromatic N) is 1. The Bertz CT molecular complexity index is 382. The van der Waals surface area contributed by atoms with E-state index >= 15 is 0 Å². The molecule has 1 unspecified atom stereocenters. The van der Waals surface area contributed by atoms with E-state index in [0.717, 1.165) is 42.6 Å². The maximum Gasteiger partial charge on any atom is 0.0708 e. The standard InChI is InChI=1S/C14H22BrNOS/c1-2-8-16-9-3-6-14(17,7-10-16)11-12-4-5-13(15)18-12/h4-5,17H,2-3,6-11H2,1H3. The van der Waals surface area contributed by atoms with Crippen LogP contribution in [-0.4, -0.2) is 35.2 Å². The molecule has 1 atom stereocenters. The second-order valence-corrected chi connectivity index (χ2v) is 7.85. The van der Waals surface area contributed by atoms with Gasteiger partial charge in [-0.3, -0.25) is 0 Å². The fraction of sp³-hybridized carbons (Fsp3) is 0.714. The van der Waals surface area contributed by atoms with E-state index in [1.54, 1.807) is 11.3 Å². The van der Waals surface area contributed by atoms with Crippen LogP contribution in [0.25, 0.3) is 0 Å². The molecule has 0 aliphatic carbocycles. The summed E-state index contributed by atoms with van der Waals surface area (Å²) in [7, 11) is 0. The zero-order valence-electron chi connectivity index (χ0n) is 11.0. The summed E-state index contributed by atoms with van der Waals surface area (Å²) in [6.45, 7) is 5.57. The summed E-state index contributed by atoms with van der Waals surface area (Å²) >= 11 is 5.23. The van der Waals surface area contributed by atoms with Crippen molar-refractivity contribution >= 4 is 27.3 Å². The molecule has 4 heteroatoms. The van der Waals surface area contributed by atoms with Crippen LogP contribution in [0.15, 0.2) is 15.9 Å². The fourth-order valence-electron chi connectivity index (χ4n) is 2.72. The van der Waals surface area contributed by atoms with Crippen LogP contribution in [0.5, 0.6) is 0 Å². The lowest BCUT2D eigenvalue weighted by Crippen LogP contribution is -2.33. The van der Waals surface area contributed by atoms with Crippen LogP contribution in [0.4, 0.5) is 0 Å². The van der Waals surface area contributed by atoms with Crippen molar-refractivity contribution in [1.82, 2.24) is 4.90 Å². The lowest BCUT2D eigenvalue weighted by molar-refractivity contribution is 0.0264. The van der Waals surface area contributed by atoms with Gasteiger partial charge in [-0.25, -0.2) is 0 Å². The highest BCUT2D eigenvalue weighted by Gasteiger charge is 2.30. The fourth-order valence-corrected chi connectivity index (χ4v) is 4.34. The van der Waals surface area contributed by atoms with E-state index in [-0.39, 0.29) is 0 Å². The van der Waals surface area contributed by atoms with E-state index in [0.29, 0.717) is 0 Å². The first kappa shape index (κ1) is 14.5. The molecule has 2 nitrogen and oxygen atoms in total. The molecular weight excluding hydrogens is 310 g/mol. The summed E-state index contributed by atoms with van der Waals surface area (Å²) in [5.41, 5.74) is -0.493. The number of hydrogen-bond acceptors (Lipinski definition) is 3. The lowest BCUT2D eigenvalue weighted by Gasteiger charge is -2.26. The highest BCUT2D eigenvalue weighted by molar-refractivity contribution is 9.11. The van der Waals surface area contributed by atoms with Gasteiger partial charge < -0.3 is 10.0 Å². The average molecular weight is 332 g/mol. The van der Waals surface area contributed by atoms with Gasteiger partial charge in [-0.15, -0.1) is 11.3 Å². The average Bonchev–Trinajstić information content (AvgIpc) is 2.62. The maximum absolute atomic E-state index is 10.8. The van der Waals surface area contributed by atoms with Crippen molar-refractivity contribution in [2.45, 2.75) is 44.6 Å². The maximum atomic E-state index is 10.8. The third kappa shape index (κ3) is 4.05. The predicted octanol–water partition coefficient (Wildman–Crippen LogP) is 3.68. The molecule has 1 N–H and O–H groups in total. The van der Waals surface area contributed by atoms with Gasteiger partial charge in [-0.2, -0.15) is 0 Å². The minimum absolute atomic E-state index is 0.493. The van der Waals surface area contributed by atoms with E-state index in [1.807, 2.05) is 0 Å². The van der Waals surface area contributed by atoms with Crippen LogP contribution in [0.1, 0.15) is 37.5 Å². The molecule has 1 aliphatic heterocycles. The van der Waals surface area contributed by atoms with Gasteiger partial charge in [0.25, 0.3) is 0 Å². The van der Waals surface area contributed by atoms with Gasteiger partial charge in [0.1, 0.15) is 0 Å². The number of thiophene rings is 1. The van der Waals surface area contributed by atoms with Crippen LogP contribution >= 0.6 is 27.3 Å². The van der Waals surface area contributed by atoms with Crippen LogP contribution in [0.3, 0.4) is 0 Å². The third-order valence-corrected chi connectivity index (χ3v) is 5.31. The molecule has 2 rings (SSSR count). The quantitative estimate of drug-likeness (QED) is 0.909. The Morgan fingerprint density at radius 2 is 2.22 bits per heavy atom. The summed E-state index contributed by atoms with van der Waals surface area (Å²) in [5.74, 6) is 0. The second-order valence-electron chi connectivity index (χ2n) is 5.30. The Morgan fingerprint density at radius 3 is 2.89 bits per heavy atom. The number of rotatable bonds is 4. The molecule has 2 heterocycles. The monoisotopic (exact) mass is 331 g/mol. The normalized spacial score (nSPS) is 26.2. The summed E-state index contributed by atoms with van der Waals surface area (Å²) in [5, 5.41) is 10.8. The van der Waals surface area contributed by atoms with Crippen molar-refractivity contribution in [3.05, 3.63) is 20.8 Å². The Kier molecular flexibility index (Phi) is 5.24. The molecule has 1 aromatic heterocycles. The molecule has 1 aromatic rings. The summed E-state index contributed by atoms with van der Waals surface area (Å²) in [6.07, 6.45) is 4.97. The van der Waals surface area contributed by atoms with Crippen molar-refractivity contribution in [2.75, 3.05) is 19.6 Å². The van der Waals surface area contributed by atoms with Crippen LogP contribution < -0.4 is 0 Å². The minimum atomic E-state index is -0.493. The van der Waals surface area contributed by atoms with Crippen molar-refractivity contribution in [3.8, 4) is 0 Å². The van der Waals surface area contributed by atoms with Crippen molar-refractivity contribution < 1.29 is 5.11 Å². The molecule has 1 aliphatic rings. The summed E-state index contributed by atoms with van der Waals surface area (Å²) in [4.78, 5) is 3.77. The molecule has 0 amide bonds. The molecule has 0 spiro atoms. The van der Waals surface area contributed by atoms with Gasteiger partial charge >= 0.3 is 0 Å². The number of aliphatic hydroxyl groups is 1. The molecule has 0 aromatic carbocycles. The van der Waals surface area contributed by atoms with Crippen molar-refractivity contribution in [1.29, 1.82) is 0 Å². The molecule has 1 saturated heterocycles. The van der Waals surface area contributed by atoms with E-state index in [2.05, 4.69) is 39.9 Å². The molecule has 102 valence electrons. The highest BCUT2D eigenvalue weighted by atomic mass is 79.9. The van der Waals surface area contributed by atoms with Gasteiger partial charge in [0.05, 0.1) is 9.39 Å². The molecular formula is C14H22BrNOS. The van der Waals surface area contributed by atoms with Crippen LogP contribution in [0.2, 0.25) is 0 Å². The van der Waals surface area contributed by atoms with Crippen molar-refractivity contribution in [3.63, 3.8) is 0 Å². The molecule has 0 radical (unpaired) electrons. The van der Waals surface area contributed by atoms with Crippen LogP contribution in [0, 0.1) is 0 Å². The van der Waals surface area contributed by atoms with Gasteiger partial charge in [-0.05, 0) is 66.8 Å². The topological polar surface area (TPSA) is 23.5 Å². The Hall–Kier alpha value is 0.1000. The van der Waals surface area contributed by atoms with Gasteiger partial charge in [0, 0.05) is 17.8 Å². The minimum Gasteiger partial charge on any atom is -0.389 e. The van der Waals surface area contributed by atoms with E-state index < -0.39 is 5.60 Å². The van der Waals surface area contributed by atoms with Gasteiger partial charge in [0.15, 0.2) is 0 Å². The number of halogens is 1. The highest BCUT2D eigenvalue weighted by Crippen LogP contribution is 2.31. The van der Waals surface area contributed by atoms with E-state index in [1.165, 1.54) is 17.8 Å². The SMILES string of the molecule is CCCN1CCCC(O)(Cc2ccc(Br)s2)CC1. The molecule has 0 saturated carbocycles. The Morgan fingerprint density at radius 1 is 1.39 bits per heavy atom. The van der Waals surface area contributed by atoms with Crippen molar-refractivity contribution in [2.24, 2.45) is 0 Å². The summed E-state index contributed by atoms with van der Waals surface area (Å²) < 4.78 is 1.15. The first-order chi connectivity index (χ1) is 8.61. The van der Waals surface area contributed by atoms with Crippen LogP contribution in [-0.2, 0) is 6.42 Å². The second kappa shape index (κ2) is 6.51. The van der Waals surface area contributed by atoms with E-state index in [9.17, 15) is 5.11 Å². The largest absolute Gasteiger partial charge is 0.389 e. The number of hydrogen-bond donors (Lipinski definition) is 1. The van der Waals surface area contributed by atoms with Gasteiger partial charge in [-0.1, -0.05) is 6.92 Å². The zero-order chi connectivity index (χ0) is 13.0. The smallest absolute Gasteiger partial charge is 0.0708 e. The molecule has 0 bridgehead atoms. The zero-order valence-corrected chi connectivity index (χ0v) is 13.4.